The van der Waals surface area contributed by atoms with E-state index in [-0.39, 0.29) is 0 Å². The average molecular weight is 264 g/mol. The molecule has 0 radical (unpaired) electrons. The zero-order valence-electron chi connectivity index (χ0n) is 10.5. The van der Waals surface area contributed by atoms with Crippen molar-refractivity contribution in [3.8, 4) is 0 Å². The Morgan fingerprint density at radius 3 is 1.83 bits per heavy atom. The number of carbonyl (C=O) groups is 1. The summed E-state index contributed by atoms with van der Waals surface area (Å²) in [4.78, 5) is 13.4. The Morgan fingerprint density at radius 2 is 1.56 bits per heavy atom. The molecule has 2 saturated carbocycles. The Hall–Kier alpha value is -0.780. The number of carbonyl (C=O) groups excluding carboxylic acids is 1. The van der Waals surface area contributed by atoms with Crippen molar-refractivity contribution in [3.63, 3.8) is 0 Å². The van der Waals surface area contributed by atoms with Crippen LogP contribution in [0.3, 0.4) is 0 Å². The molecule has 1 unspecified atom stereocenters. The maximum atomic E-state index is 12.8. The van der Waals surface area contributed by atoms with Gasteiger partial charge in [-0.25, -0.2) is 0 Å². The first kappa shape index (κ1) is 13.6. The van der Waals surface area contributed by atoms with E-state index in [9.17, 15) is 18.0 Å². The molecule has 2 rings (SSSR count). The number of nitrogens with zero attached hydrogens (tertiary/aromatic N) is 1. The van der Waals surface area contributed by atoms with Crippen molar-refractivity contribution in [2.75, 3.05) is 13.1 Å². The van der Waals surface area contributed by atoms with Gasteiger partial charge in [0.1, 0.15) is 0 Å². The van der Waals surface area contributed by atoms with Crippen LogP contribution in [0, 0.1) is 11.8 Å². The molecule has 3 nitrogen and oxygen atoms in total. The lowest BCUT2D eigenvalue weighted by Gasteiger charge is -2.33. The molecule has 0 aromatic rings. The van der Waals surface area contributed by atoms with Crippen LogP contribution in [0.15, 0.2) is 0 Å². The summed E-state index contributed by atoms with van der Waals surface area (Å²) in [6.45, 7) is 1.62. The van der Waals surface area contributed by atoms with Crippen molar-refractivity contribution < 1.29 is 18.0 Å². The Labute approximate surface area is 104 Å². The summed E-state index contributed by atoms with van der Waals surface area (Å²) < 4.78 is 38.3. The number of amides is 1. The zero-order valence-corrected chi connectivity index (χ0v) is 10.5. The number of nitrogens with two attached hydrogens (primary N) is 1. The van der Waals surface area contributed by atoms with Crippen LogP contribution < -0.4 is 5.73 Å². The van der Waals surface area contributed by atoms with Gasteiger partial charge in [-0.3, -0.25) is 4.79 Å². The van der Waals surface area contributed by atoms with Gasteiger partial charge in [0.2, 0.25) is 0 Å². The molecule has 0 bridgehead atoms. The second kappa shape index (κ2) is 4.40. The first-order valence-corrected chi connectivity index (χ1v) is 6.37. The highest BCUT2D eigenvalue weighted by molar-refractivity contribution is 5.86. The lowest BCUT2D eigenvalue weighted by atomic mass is 10.0. The third kappa shape index (κ3) is 2.96. The largest absolute Gasteiger partial charge is 0.415 e. The van der Waals surface area contributed by atoms with E-state index in [4.69, 9.17) is 5.73 Å². The standard InChI is InChI=1S/C12H19F3N2O/c1-11(16,12(13,14)15)10(18)17(6-8-2-3-8)7-9-4-5-9/h8-9H,2-7,16H2,1H3. The Kier molecular flexibility index (Phi) is 3.34. The molecule has 2 aliphatic rings. The van der Waals surface area contributed by atoms with E-state index in [1.54, 1.807) is 0 Å². The topological polar surface area (TPSA) is 46.3 Å². The summed E-state index contributed by atoms with van der Waals surface area (Å²) in [7, 11) is 0. The van der Waals surface area contributed by atoms with Gasteiger partial charge in [-0.15, -0.1) is 0 Å². The second-order valence-corrected chi connectivity index (χ2v) is 5.80. The van der Waals surface area contributed by atoms with Crippen LogP contribution in [-0.4, -0.2) is 35.6 Å². The van der Waals surface area contributed by atoms with Crippen LogP contribution in [0.5, 0.6) is 0 Å². The van der Waals surface area contributed by atoms with Crippen molar-refractivity contribution in [1.29, 1.82) is 0 Å². The molecule has 2 N–H and O–H groups in total. The van der Waals surface area contributed by atoms with E-state index in [0.717, 1.165) is 32.6 Å². The predicted octanol–water partition coefficient (Wildman–Crippen LogP) is 1.91. The van der Waals surface area contributed by atoms with Crippen molar-refractivity contribution >= 4 is 5.91 Å². The summed E-state index contributed by atoms with van der Waals surface area (Å²) >= 11 is 0. The van der Waals surface area contributed by atoms with E-state index >= 15 is 0 Å². The smallest absolute Gasteiger partial charge is 0.340 e. The van der Waals surface area contributed by atoms with E-state index in [1.165, 1.54) is 4.90 Å². The van der Waals surface area contributed by atoms with Gasteiger partial charge in [0.05, 0.1) is 0 Å². The molecule has 0 saturated heterocycles. The lowest BCUT2D eigenvalue weighted by Crippen LogP contribution is -2.62. The molecular formula is C12H19F3N2O. The van der Waals surface area contributed by atoms with Gasteiger partial charge in [-0.1, -0.05) is 0 Å². The minimum atomic E-state index is -4.70. The van der Waals surface area contributed by atoms with E-state index in [0.29, 0.717) is 24.9 Å². The lowest BCUT2D eigenvalue weighted by molar-refractivity contribution is -0.194. The summed E-state index contributed by atoms with van der Waals surface area (Å²) in [6, 6.07) is 0. The fourth-order valence-corrected chi connectivity index (χ4v) is 1.91. The Morgan fingerprint density at radius 1 is 1.17 bits per heavy atom. The van der Waals surface area contributed by atoms with Crippen molar-refractivity contribution in [2.24, 2.45) is 17.6 Å². The first-order chi connectivity index (χ1) is 8.22. The predicted molar refractivity (Wildman–Crippen MR) is 60.7 cm³/mol. The number of hydrogen-bond acceptors (Lipinski definition) is 2. The van der Waals surface area contributed by atoms with E-state index in [1.807, 2.05) is 0 Å². The fourth-order valence-electron chi connectivity index (χ4n) is 1.91. The van der Waals surface area contributed by atoms with Crippen molar-refractivity contribution in [1.82, 2.24) is 4.90 Å². The molecule has 0 aromatic heterocycles. The minimum Gasteiger partial charge on any atom is -0.340 e. The van der Waals surface area contributed by atoms with Crippen LogP contribution in [-0.2, 0) is 4.79 Å². The highest BCUT2D eigenvalue weighted by atomic mass is 19.4. The highest BCUT2D eigenvalue weighted by Gasteiger charge is 2.55. The zero-order chi connectivity index (χ0) is 13.6. The van der Waals surface area contributed by atoms with Crippen LogP contribution in [0.25, 0.3) is 0 Å². The third-order valence-electron chi connectivity index (χ3n) is 3.67. The molecule has 1 amide bonds. The quantitative estimate of drug-likeness (QED) is 0.824. The molecule has 1 atom stereocenters. The molecule has 104 valence electrons. The highest BCUT2D eigenvalue weighted by Crippen LogP contribution is 2.36. The molecule has 2 fully saturated rings. The van der Waals surface area contributed by atoms with Gasteiger partial charge >= 0.3 is 6.18 Å². The number of halogens is 3. The molecule has 18 heavy (non-hydrogen) atoms. The van der Waals surface area contributed by atoms with Crippen molar-refractivity contribution in [2.45, 2.75) is 44.3 Å². The van der Waals surface area contributed by atoms with Crippen LogP contribution in [0.2, 0.25) is 0 Å². The van der Waals surface area contributed by atoms with Crippen LogP contribution in [0.4, 0.5) is 13.2 Å². The number of rotatable bonds is 5. The number of alkyl halides is 3. The molecule has 0 spiro atoms. The monoisotopic (exact) mass is 264 g/mol. The SMILES string of the molecule is CC(N)(C(=O)N(CC1CC1)CC1CC1)C(F)(F)F. The van der Waals surface area contributed by atoms with Gasteiger partial charge in [-0.2, -0.15) is 13.2 Å². The minimum absolute atomic E-state index is 0.372. The van der Waals surface area contributed by atoms with Crippen LogP contribution in [0.1, 0.15) is 32.6 Å². The Bertz CT molecular complexity index is 319. The third-order valence-corrected chi connectivity index (χ3v) is 3.67. The molecule has 2 aliphatic carbocycles. The summed E-state index contributed by atoms with van der Waals surface area (Å²) in [6.07, 6.45) is -0.692. The molecule has 0 aliphatic heterocycles. The van der Waals surface area contributed by atoms with Gasteiger partial charge in [0, 0.05) is 13.1 Å². The Balaban J connectivity index is 2.05. The maximum absolute atomic E-state index is 12.8. The molecular weight excluding hydrogens is 245 g/mol. The van der Waals surface area contributed by atoms with E-state index < -0.39 is 17.6 Å². The molecule has 0 aromatic carbocycles. The van der Waals surface area contributed by atoms with Gasteiger partial charge in [0.15, 0.2) is 5.54 Å². The van der Waals surface area contributed by atoms with Crippen molar-refractivity contribution in [3.05, 3.63) is 0 Å². The second-order valence-electron chi connectivity index (χ2n) is 5.80. The normalized spacial score (nSPS) is 23.6. The van der Waals surface area contributed by atoms with Gasteiger partial charge in [-0.05, 0) is 44.4 Å². The molecule has 0 heterocycles. The van der Waals surface area contributed by atoms with Gasteiger partial charge < -0.3 is 10.6 Å². The maximum Gasteiger partial charge on any atom is 0.415 e. The molecule has 6 heteroatoms. The number of hydrogen-bond donors (Lipinski definition) is 1. The average Bonchev–Trinajstić information content (AvgIpc) is 3.07. The first-order valence-electron chi connectivity index (χ1n) is 6.37. The summed E-state index contributed by atoms with van der Waals surface area (Å²) in [5.41, 5.74) is 2.45. The summed E-state index contributed by atoms with van der Waals surface area (Å²) in [5.74, 6) is -0.234. The van der Waals surface area contributed by atoms with E-state index in [2.05, 4.69) is 0 Å². The summed E-state index contributed by atoms with van der Waals surface area (Å²) in [5, 5.41) is 0. The van der Waals surface area contributed by atoms with Crippen LogP contribution >= 0.6 is 0 Å². The van der Waals surface area contributed by atoms with Gasteiger partial charge in [0.25, 0.3) is 5.91 Å². The fraction of sp³-hybridized carbons (Fsp3) is 0.917.